The lowest BCUT2D eigenvalue weighted by molar-refractivity contribution is 0.159. The van der Waals surface area contributed by atoms with Gasteiger partial charge in [0.05, 0.1) is 6.10 Å². The van der Waals surface area contributed by atoms with Crippen LogP contribution in [0.1, 0.15) is 52.9 Å². The highest BCUT2D eigenvalue weighted by atomic mass is 16.3. The Labute approximate surface area is 88.7 Å². The minimum atomic E-state index is -0.0509. The van der Waals surface area contributed by atoms with Gasteiger partial charge in [-0.05, 0) is 25.7 Å². The SMILES string of the molecule is CCC=CCCO.CCCC(O)CC. The summed E-state index contributed by atoms with van der Waals surface area (Å²) in [6, 6.07) is 0. The molecule has 14 heavy (non-hydrogen) atoms. The number of aliphatic hydroxyl groups excluding tert-OH is 2. The Hall–Kier alpha value is -0.340. The van der Waals surface area contributed by atoms with Crippen molar-refractivity contribution in [3.8, 4) is 0 Å². The lowest BCUT2D eigenvalue weighted by Gasteiger charge is -2.01. The molecule has 0 aliphatic rings. The third-order valence-corrected chi connectivity index (χ3v) is 1.79. The van der Waals surface area contributed by atoms with Crippen LogP contribution in [0.3, 0.4) is 0 Å². The summed E-state index contributed by atoms with van der Waals surface area (Å²) in [5.74, 6) is 0. The van der Waals surface area contributed by atoms with Crippen LogP contribution in [0.2, 0.25) is 0 Å². The van der Waals surface area contributed by atoms with Crippen LogP contribution >= 0.6 is 0 Å². The quantitative estimate of drug-likeness (QED) is 0.650. The Bertz CT molecular complexity index is 111. The molecule has 0 rings (SSSR count). The molecule has 0 fully saturated rings. The molecule has 0 radical (unpaired) electrons. The molecule has 2 N–H and O–H groups in total. The predicted octanol–water partition coefficient (Wildman–Crippen LogP) is 2.89. The molecule has 0 aliphatic carbocycles. The molecule has 0 aromatic heterocycles. The first-order valence-corrected chi connectivity index (χ1v) is 5.66. The second-order valence-corrected chi connectivity index (χ2v) is 3.24. The Morgan fingerprint density at radius 3 is 2.07 bits per heavy atom. The van der Waals surface area contributed by atoms with Gasteiger partial charge in [-0.1, -0.05) is 39.3 Å². The molecule has 0 saturated carbocycles. The highest BCUT2D eigenvalue weighted by molar-refractivity contribution is 4.79. The van der Waals surface area contributed by atoms with Crippen molar-refractivity contribution in [2.45, 2.75) is 59.0 Å². The van der Waals surface area contributed by atoms with Crippen LogP contribution in [-0.2, 0) is 0 Å². The molecule has 2 heteroatoms. The molecular weight excluding hydrogens is 176 g/mol. The first kappa shape index (κ1) is 16.1. The van der Waals surface area contributed by atoms with Crippen molar-refractivity contribution in [3.63, 3.8) is 0 Å². The summed E-state index contributed by atoms with van der Waals surface area (Å²) in [4.78, 5) is 0. The van der Waals surface area contributed by atoms with Gasteiger partial charge in [-0.25, -0.2) is 0 Å². The second-order valence-electron chi connectivity index (χ2n) is 3.24. The molecular formula is C12H26O2. The van der Waals surface area contributed by atoms with E-state index in [4.69, 9.17) is 10.2 Å². The van der Waals surface area contributed by atoms with Gasteiger partial charge in [-0.15, -0.1) is 0 Å². The van der Waals surface area contributed by atoms with Gasteiger partial charge >= 0.3 is 0 Å². The first-order valence-electron chi connectivity index (χ1n) is 5.66. The first-order chi connectivity index (χ1) is 6.72. The molecule has 0 amide bonds. The van der Waals surface area contributed by atoms with Crippen molar-refractivity contribution in [1.82, 2.24) is 0 Å². The van der Waals surface area contributed by atoms with Crippen LogP contribution in [0.4, 0.5) is 0 Å². The third-order valence-electron chi connectivity index (χ3n) is 1.79. The summed E-state index contributed by atoms with van der Waals surface area (Å²) in [5.41, 5.74) is 0. The van der Waals surface area contributed by atoms with Gasteiger partial charge in [-0.2, -0.15) is 0 Å². The summed E-state index contributed by atoms with van der Waals surface area (Å²) in [6.07, 6.45) is 8.80. The van der Waals surface area contributed by atoms with Crippen LogP contribution in [0.5, 0.6) is 0 Å². The molecule has 0 saturated heterocycles. The monoisotopic (exact) mass is 202 g/mol. The van der Waals surface area contributed by atoms with E-state index in [2.05, 4.69) is 19.9 Å². The maximum Gasteiger partial charge on any atom is 0.0537 e. The van der Waals surface area contributed by atoms with Crippen molar-refractivity contribution in [1.29, 1.82) is 0 Å². The highest BCUT2D eigenvalue weighted by Gasteiger charge is 1.94. The van der Waals surface area contributed by atoms with E-state index in [1.807, 2.05) is 13.0 Å². The number of rotatable bonds is 6. The van der Waals surface area contributed by atoms with E-state index in [0.717, 1.165) is 32.1 Å². The summed E-state index contributed by atoms with van der Waals surface area (Å²) in [5, 5.41) is 17.1. The van der Waals surface area contributed by atoms with Gasteiger partial charge in [0.25, 0.3) is 0 Å². The molecule has 1 atom stereocenters. The summed E-state index contributed by atoms with van der Waals surface area (Å²) in [7, 11) is 0. The Morgan fingerprint density at radius 1 is 1.14 bits per heavy atom. The van der Waals surface area contributed by atoms with Crippen molar-refractivity contribution < 1.29 is 10.2 Å². The van der Waals surface area contributed by atoms with Gasteiger partial charge in [0.1, 0.15) is 0 Å². The Kier molecular flexibility index (Phi) is 17.4. The second kappa shape index (κ2) is 15.1. The predicted molar refractivity (Wildman–Crippen MR) is 62.3 cm³/mol. The minimum absolute atomic E-state index is 0.0509. The molecule has 2 nitrogen and oxygen atoms in total. The molecule has 0 bridgehead atoms. The van der Waals surface area contributed by atoms with Gasteiger partial charge in [0.2, 0.25) is 0 Å². The van der Waals surface area contributed by atoms with Crippen molar-refractivity contribution in [2.75, 3.05) is 6.61 Å². The van der Waals surface area contributed by atoms with Crippen molar-refractivity contribution >= 4 is 0 Å². The molecule has 1 unspecified atom stereocenters. The topological polar surface area (TPSA) is 40.5 Å². The fraction of sp³-hybridized carbons (Fsp3) is 0.833. The molecule has 0 aromatic rings. The average molecular weight is 202 g/mol. The lowest BCUT2D eigenvalue weighted by Crippen LogP contribution is -2.01. The zero-order valence-electron chi connectivity index (χ0n) is 9.87. The van der Waals surface area contributed by atoms with Gasteiger partial charge in [-0.3, -0.25) is 0 Å². The number of hydrogen-bond donors (Lipinski definition) is 2. The van der Waals surface area contributed by atoms with Crippen molar-refractivity contribution in [3.05, 3.63) is 12.2 Å². The van der Waals surface area contributed by atoms with Gasteiger partial charge < -0.3 is 10.2 Å². The standard InChI is InChI=1S/C6H14O.C6H12O/c1-3-5-6(7)4-2;1-2-3-4-5-6-7/h6-7H,3-5H2,1-2H3;3-4,7H,2,5-6H2,1H3. The lowest BCUT2D eigenvalue weighted by atomic mass is 10.2. The van der Waals surface area contributed by atoms with E-state index in [-0.39, 0.29) is 12.7 Å². The van der Waals surface area contributed by atoms with Crippen LogP contribution in [0.25, 0.3) is 0 Å². The van der Waals surface area contributed by atoms with Crippen LogP contribution in [-0.4, -0.2) is 22.9 Å². The van der Waals surface area contributed by atoms with E-state index < -0.39 is 0 Å². The van der Waals surface area contributed by atoms with Crippen LogP contribution in [0.15, 0.2) is 12.2 Å². The van der Waals surface area contributed by atoms with Crippen LogP contribution in [0, 0.1) is 0 Å². The fourth-order valence-electron chi connectivity index (χ4n) is 0.896. The minimum Gasteiger partial charge on any atom is -0.396 e. The maximum atomic E-state index is 8.86. The van der Waals surface area contributed by atoms with Crippen LogP contribution < -0.4 is 0 Å². The Balaban J connectivity index is 0. The maximum absolute atomic E-state index is 8.86. The van der Waals surface area contributed by atoms with Gasteiger partial charge in [0.15, 0.2) is 0 Å². The number of aliphatic hydroxyl groups is 2. The van der Waals surface area contributed by atoms with E-state index in [1.165, 1.54) is 0 Å². The number of hydrogen-bond acceptors (Lipinski definition) is 2. The van der Waals surface area contributed by atoms with E-state index in [0.29, 0.717) is 0 Å². The number of allylic oxidation sites excluding steroid dienone is 1. The highest BCUT2D eigenvalue weighted by Crippen LogP contribution is 1.98. The zero-order chi connectivity index (χ0) is 11.2. The van der Waals surface area contributed by atoms with E-state index >= 15 is 0 Å². The molecule has 0 aliphatic heterocycles. The Morgan fingerprint density at radius 2 is 1.79 bits per heavy atom. The molecule has 0 heterocycles. The summed E-state index contributed by atoms with van der Waals surface area (Å²) < 4.78 is 0. The van der Waals surface area contributed by atoms with E-state index in [9.17, 15) is 0 Å². The molecule has 0 spiro atoms. The third kappa shape index (κ3) is 17.7. The fourth-order valence-corrected chi connectivity index (χ4v) is 0.896. The zero-order valence-corrected chi connectivity index (χ0v) is 9.87. The van der Waals surface area contributed by atoms with E-state index in [1.54, 1.807) is 0 Å². The molecule has 86 valence electrons. The van der Waals surface area contributed by atoms with Gasteiger partial charge in [0, 0.05) is 6.61 Å². The average Bonchev–Trinajstić information content (AvgIpc) is 2.20. The normalized spacial score (nSPS) is 12.4. The summed E-state index contributed by atoms with van der Waals surface area (Å²) in [6.45, 7) is 6.43. The largest absolute Gasteiger partial charge is 0.396 e. The van der Waals surface area contributed by atoms with Crippen molar-refractivity contribution in [2.24, 2.45) is 0 Å². The summed E-state index contributed by atoms with van der Waals surface area (Å²) >= 11 is 0. The smallest absolute Gasteiger partial charge is 0.0537 e. The molecule has 0 aromatic carbocycles.